The normalized spacial score (nSPS) is 11.0. The predicted molar refractivity (Wildman–Crippen MR) is 62.3 cm³/mol. The maximum atomic E-state index is 11.4. The van der Waals surface area contributed by atoms with Crippen LogP contribution in [0, 0.1) is 0 Å². The molecule has 15 heavy (non-hydrogen) atoms. The molecular weight excluding hydrogens is 262 g/mol. The van der Waals surface area contributed by atoms with Crippen molar-refractivity contribution in [1.82, 2.24) is 4.90 Å². The van der Waals surface area contributed by atoms with Gasteiger partial charge in [0.2, 0.25) is 0 Å². The average Bonchev–Trinajstić information content (AvgIpc) is 2.10. The van der Waals surface area contributed by atoms with Crippen molar-refractivity contribution in [3.63, 3.8) is 0 Å². The van der Waals surface area contributed by atoms with Gasteiger partial charge in [-0.15, -0.1) is 0 Å². The van der Waals surface area contributed by atoms with Crippen LogP contribution in [0.3, 0.4) is 0 Å². The maximum absolute atomic E-state index is 11.4. The van der Waals surface area contributed by atoms with E-state index in [2.05, 4.69) is 15.9 Å². The summed E-state index contributed by atoms with van der Waals surface area (Å²) in [6.45, 7) is 5.81. The molecule has 0 unspecified atom stereocenters. The van der Waals surface area contributed by atoms with Gasteiger partial charge in [0, 0.05) is 20.0 Å². The number of ether oxygens (including phenoxy) is 1. The van der Waals surface area contributed by atoms with Crippen LogP contribution in [-0.4, -0.2) is 41.3 Å². The lowest BCUT2D eigenvalue weighted by Gasteiger charge is -2.24. The molecule has 0 fully saturated rings. The first-order valence-corrected chi connectivity index (χ1v) is 5.90. The summed E-state index contributed by atoms with van der Waals surface area (Å²) < 4.78 is 5.13. The molecule has 0 atom stereocenters. The fourth-order valence-corrected chi connectivity index (χ4v) is 1.07. The summed E-state index contributed by atoms with van der Waals surface area (Å²) in [4.78, 5) is 23.8. The van der Waals surface area contributed by atoms with Crippen molar-refractivity contribution in [3.8, 4) is 0 Å². The van der Waals surface area contributed by atoms with Crippen LogP contribution >= 0.6 is 15.9 Å². The van der Waals surface area contributed by atoms with E-state index in [0.717, 1.165) is 0 Å². The van der Waals surface area contributed by atoms with Crippen LogP contribution < -0.4 is 0 Å². The lowest BCUT2D eigenvalue weighted by molar-refractivity contribution is -0.116. The minimum Gasteiger partial charge on any atom is -0.444 e. The molecule has 0 spiro atoms. The van der Waals surface area contributed by atoms with Gasteiger partial charge < -0.3 is 9.64 Å². The molecule has 0 aliphatic carbocycles. The Morgan fingerprint density at radius 2 is 1.87 bits per heavy atom. The fraction of sp³-hybridized carbons (Fsp3) is 0.800. The van der Waals surface area contributed by atoms with Crippen molar-refractivity contribution in [1.29, 1.82) is 0 Å². The topological polar surface area (TPSA) is 46.6 Å². The van der Waals surface area contributed by atoms with Gasteiger partial charge in [0.1, 0.15) is 11.4 Å². The molecule has 0 rings (SSSR count). The Morgan fingerprint density at radius 3 is 2.27 bits per heavy atom. The maximum Gasteiger partial charge on any atom is 0.410 e. The number of ketones is 1. The van der Waals surface area contributed by atoms with Gasteiger partial charge in [0.15, 0.2) is 0 Å². The molecule has 0 aromatic heterocycles. The largest absolute Gasteiger partial charge is 0.444 e. The molecule has 0 aromatic carbocycles. The number of Topliss-reactive ketones (excluding diaryl/α,β-unsaturated/α-hetero) is 1. The van der Waals surface area contributed by atoms with Gasteiger partial charge in [0.05, 0.1) is 5.33 Å². The first-order valence-electron chi connectivity index (χ1n) is 4.78. The van der Waals surface area contributed by atoms with E-state index in [-0.39, 0.29) is 5.78 Å². The Hall–Kier alpha value is -0.580. The molecule has 0 radical (unpaired) electrons. The van der Waals surface area contributed by atoms with Gasteiger partial charge in [-0.2, -0.15) is 0 Å². The van der Waals surface area contributed by atoms with Crippen LogP contribution in [0.4, 0.5) is 4.79 Å². The van der Waals surface area contributed by atoms with E-state index in [0.29, 0.717) is 18.3 Å². The number of hydrogen-bond acceptors (Lipinski definition) is 3. The molecule has 0 saturated heterocycles. The van der Waals surface area contributed by atoms with Crippen molar-refractivity contribution in [3.05, 3.63) is 0 Å². The highest BCUT2D eigenvalue weighted by molar-refractivity contribution is 9.09. The lowest BCUT2D eigenvalue weighted by atomic mass is 10.2. The smallest absolute Gasteiger partial charge is 0.410 e. The zero-order valence-corrected chi connectivity index (χ0v) is 11.3. The third-order valence-electron chi connectivity index (χ3n) is 1.58. The summed E-state index contributed by atoms with van der Waals surface area (Å²) in [6.07, 6.45) is -0.0501. The average molecular weight is 280 g/mol. The third kappa shape index (κ3) is 7.36. The first-order chi connectivity index (χ1) is 6.76. The quantitative estimate of drug-likeness (QED) is 0.742. The molecule has 0 aliphatic rings. The van der Waals surface area contributed by atoms with Crippen molar-refractivity contribution in [2.45, 2.75) is 32.8 Å². The van der Waals surface area contributed by atoms with Gasteiger partial charge in [-0.1, -0.05) is 15.9 Å². The summed E-state index contributed by atoms with van der Waals surface area (Å²) in [5.74, 6) is 0.0745. The van der Waals surface area contributed by atoms with Crippen LogP contribution in [0.15, 0.2) is 0 Å². The summed E-state index contributed by atoms with van der Waals surface area (Å²) in [7, 11) is 1.62. The van der Waals surface area contributed by atoms with Crippen LogP contribution in [0.25, 0.3) is 0 Å². The summed E-state index contributed by atoms with van der Waals surface area (Å²) in [5, 5.41) is 0.329. The second-order valence-corrected chi connectivity index (χ2v) is 4.88. The first kappa shape index (κ1) is 14.4. The highest BCUT2D eigenvalue weighted by Gasteiger charge is 2.19. The summed E-state index contributed by atoms with van der Waals surface area (Å²) in [6, 6.07) is 0. The molecule has 0 aliphatic heterocycles. The molecule has 0 heterocycles. The lowest BCUT2D eigenvalue weighted by Crippen LogP contribution is -2.35. The summed E-state index contributed by atoms with van der Waals surface area (Å²) >= 11 is 3.07. The molecular formula is C10H18BrNO3. The Bertz CT molecular complexity index is 235. The number of carbonyl (C=O) groups is 2. The van der Waals surface area contributed by atoms with Crippen molar-refractivity contribution >= 4 is 27.8 Å². The molecule has 1 amide bonds. The molecule has 88 valence electrons. The van der Waals surface area contributed by atoms with Gasteiger partial charge in [-0.3, -0.25) is 4.79 Å². The Labute approximate surface area is 99.1 Å². The minimum absolute atomic E-state index is 0.0745. The van der Waals surface area contributed by atoms with Crippen molar-refractivity contribution in [2.24, 2.45) is 0 Å². The van der Waals surface area contributed by atoms with E-state index in [1.807, 2.05) is 20.8 Å². The van der Waals surface area contributed by atoms with Crippen LogP contribution in [0.1, 0.15) is 27.2 Å². The highest BCUT2D eigenvalue weighted by Crippen LogP contribution is 2.09. The number of hydrogen-bond donors (Lipinski definition) is 0. The molecule has 0 bridgehead atoms. The zero-order chi connectivity index (χ0) is 12.1. The number of amides is 1. The fourth-order valence-electron chi connectivity index (χ4n) is 0.790. The molecule has 5 heteroatoms. The van der Waals surface area contributed by atoms with Crippen molar-refractivity contribution in [2.75, 3.05) is 18.9 Å². The number of alkyl halides is 1. The third-order valence-corrected chi connectivity index (χ3v) is 2.21. The second kappa shape index (κ2) is 6.10. The Balaban J connectivity index is 3.95. The van der Waals surface area contributed by atoms with E-state index >= 15 is 0 Å². The van der Waals surface area contributed by atoms with E-state index in [9.17, 15) is 9.59 Å². The Kier molecular flexibility index (Phi) is 5.87. The molecule has 4 nitrogen and oxygen atoms in total. The van der Waals surface area contributed by atoms with Gasteiger partial charge in [0.25, 0.3) is 0 Å². The number of carbonyl (C=O) groups excluding carboxylic acids is 2. The van der Waals surface area contributed by atoms with Crippen LogP contribution in [0.2, 0.25) is 0 Å². The number of halogens is 1. The standard InChI is InChI=1S/C10H18BrNO3/c1-10(2,3)15-9(14)12(4)6-5-8(13)7-11/h5-7H2,1-4H3. The predicted octanol–water partition coefficient (Wildman–Crippen LogP) is 2.21. The van der Waals surface area contributed by atoms with E-state index in [4.69, 9.17) is 4.74 Å². The van der Waals surface area contributed by atoms with Gasteiger partial charge in [-0.05, 0) is 20.8 Å². The second-order valence-electron chi connectivity index (χ2n) is 4.32. The van der Waals surface area contributed by atoms with E-state index in [1.54, 1.807) is 7.05 Å². The minimum atomic E-state index is -0.495. The SMILES string of the molecule is CN(CCC(=O)CBr)C(=O)OC(C)(C)C. The van der Waals surface area contributed by atoms with Crippen molar-refractivity contribution < 1.29 is 14.3 Å². The number of rotatable bonds is 4. The van der Waals surface area contributed by atoms with Gasteiger partial charge in [-0.25, -0.2) is 4.79 Å². The van der Waals surface area contributed by atoms with Gasteiger partial charge >= 0.3 is 6.09 Å². The van der Waals surface area contributed by atoms with E-state index < -0.39 is 11.7 Å². The Morgan fingerprint density at radius 1 is 1.33 bits per heavy atom. The zero-order valence-electron chi connectivity index (χ0n) is 9.67. The van der Waals surface area contributed by atoms with Crippen LogP contribution in [0.5, 0.6) is 0 Å². The highest BCUT2D eigenvalue weighted by atomic mass is 79.9. The monoisotopic (exact) mass is 279 g/mol. The van der Waals surface area contributed by atoms with Crippen LogP contribution in [-0.2, 0) is 9.53 Å². The number of nitrogens with zero attached hydrogens (tertiary/aromatic N) is 1. The summed E-state index contributed by atoms with van der Waals surface area (Å²) in [5.41, 5.74) is -0.495. The molecule has 0 N–H and O–H groups in total. The van der Waals surface area contributed by atoms with E-state index in [1.165, 1.54) is 4.90 Å². The molecule has 0 aromatic rings. The molecule has 0 saturated carbocycles.